The zero-order valence-electron chi connectivity index (χ0n) is 15.5. The quantitative estimate of drug-likeness (QED) is 0.733. The van der Waals surface area contributed by atoms with Crippen molar-refractivity contribution in [2.24, 2.45) is 5.92 Å². The third-order valence-corrected chi connectivity index (χ3v) is 4.71. The molecule has 142 valence electrons. The first kappa shape index (κ1) is 19.0. The van der Waals surface area contributed by atoms with Gasteiger partial charge in [-0.05, 0) is 46.9 Å². The van der Waals surface area contributed by atoms with Gasteiger partial charge in [0.15, 0.2) is 0 Å². The molecule has 5 nitrogen and oxygen atoms in total. The molecule has 1 unspecified atom stereocenters. The molecule has 0 saturated carbocycles. The van der Waals surface area contributed by atoms with Crippen LogP contribution in [0.1, 0.15) is 40.9 Å². The molecule has 0 bridgehead atoms. The second kappa shape index (κ2) is 8.31. The minimum atomic E-state index is -0.668. The molecule has 0 spiro atoms. The minimum absolute atomic E-state index is 0.0846. The second-order valence-corrected chi connectivity index (χ2v) is 7.13. The van der Waals surface area contributed by atoms with Gasteiger partial charge in [-0.3, -0.25) is 9.59 Å². The molecule has 0 radical (unpaired) electrons. The Balaban J connectivity index is 1.61. The molecule has 1 aliphatic heterocycles. The Hall–Kier alpha value is -2.73. The molecule has 0 aromatic heterocycles. The zero-order chi connectivity index (χ0) is 19.4. The Bertz CT molecular complexity index is 834. The van der Waals surface area contributed by atoms with E-state index in [2.05, 4.69) is 28.1 Å². The predicted molar refractivity (Wildman–Crippen MR) is 101 cm³/mol. The van der Waals surface area contributed by atoms with E-state index >= 15 is 0 Å². The fraction of sp³-hybridized carbons (Fsp3) is 0.333. The highest BCUT2D eigenvalue weighted by molar-refractivity contribution is 5.97. The maximum absolute atomic E-state index is 13.0. The predicted octanol–water partition coefficient (Wildman–Crippen LogP) is 2.50. The number of carbonyl (C=O) groups excluding carboxylic acids is 2. The molecule has 3 N–H and O–H groups in total. The van der Waals surface area contributed by atoms with Gasteiger partial charge in [0.25, 0.3) is 5.91 Å². The van der Waals surface area contributed by atoms with Crippen molar-refractivity contribution in [2.75, 3.05) is 0 Å². The van der Waals surface area contributed by atoms with Gasteiger partial charge in [-0.1, -0.05) is 32.0 Å². The first-order chi connectivity index (χ1) is 12.9. The number of amides is 2. The lowest BCUT2D eigenvalue weighted by molar-refractivity contribution is -0.124. The highest BCUT2D eigenvalue weighted by Gasteiger charge is 2.24. The second-order valence-electron chi connectivity index (χ2n) is 7.13. The molecule has 1 heterocycles. The monoisotopic (exact) mass is 369 g/mol. The molecule has 3 rings (SSSR count). The van der Waals surface area contributed by atoms with Gasteiger partial charge in [0.1, 0.15) is 11.9 Å². The van der Waals surface area contributed by atoms with Crippen LogP contribution in [-0.2, 0) is 24.4 Å². The molecule has 0 saturated heterocycles. The summed E-state index contributed by atoms with van der Waals surface area (Å²) in [6.45, 7) is 5.88. The number of fused-ring (bicyclic) bond motifs is 1. The van der Waals surface area contributed by atoms with Gasteiger partial charge in [0, 0.05) is 25.2 Å². The van der Waals surface area contributed by atoms with Crippen LogP contribution in [0.5, 0.6) is 0 Å². The van der Waals surface area contributed by atoms with Crippen molar-refractivity contribution < 1.29 is 14.0 Å². The van der Waals surface area contributed by atoms with Crippen molar-refractivity contribution in [3.05, 3.63) is 70.5 Å². The van der Waals surface area contributed by atoms with E-state index in [0.717, 1.165) is 18.7 Å². The molecule has 0 fully saturated rings. The smallest absolute Gasteiger partial charge is 0.251 e. The molecule has 6 heteroatoms. The Kier molecular flexibility index (Phi) is 5.86. The summed E-state index contributed by atoms with van der Waals surface area (Å²) < 4.78 is 13.0. The Labute approximate surface area is 158 Å². The third kappa shape index (κ3) is 4.71. The molecule has 2 amide bonds. The number of nitrogens with one attached hydrogen (secondary N) is 3. The highest BCUT2D eigenvalue weighted by atomic mass is 19.1. The third-order valence-electron chi connectivity index (χ3n) is 4.71. The number of carbonyl (C=O) groups is 2. The van der Waals surface area contributed by atoms with E-state index in [1.807, 2.05) is 19.9 Å². The van der Waals surface area contributed by atoms with E-state index in [4.69, 9.17) is 0 Å². The van der Waals surface area contributed by atoms with Crippen molar-refractivity contribution in [2.45, 2.75) is 39.5 Å². The summed E-state index contributed by atoms with van der Waals surface area (Å²) in [6, 6.07) is 10.8. The van der Waals surface area contributed by atoms with Crippen LogP contribution in [0.2, 0.25) is 0 Å². The van der Waals surface area contributed by atoms with E-state index in [9.17, 15) is 14.0 Å². The molecular formula is C21H24FN3O2. The van der Waals surface area contributed by atoms with Crippen LogP contribution in [0.4, 0.5) is 4.39 Å². The number of benzene rings is 2. The number of halogens is 1. The van der Waals surface area contributed by atoms with Gasteiger partial charge >= 0.3 is 0 Å². The van der Waals surface area contributed by atoms with Crippen LogP contribution in [0.15, 0.2) is 42.5 Å². The first-order valence-electron chi connectivity index (χ1n) is 9.09. The lowest BCUT2D eigenvalue weighted by atomic mass is 10.0. The molecule has 2 aromatic carbocycles. The topological polar surface area (TPSA) is 70.2 Å². The summed E-state index contributed by atoms with van der Waals surface area (Å²) in [6.07, 6.45) is 0. The summed E-state index contributed by atoms with van der Waals surface area (Å²) in [5.74, 6) is -1.13. The van der Waals surface area contributed by atoms with E-state index in [1.54, 1.807) is 0 Å². The summed E-state index contributed by atoms with van der Waals surface area (Å²) in [5.41, 5.74) is 3.89. The molecule has 1 atom stereocenters. The van der Waals surface area contributed by atoms with Crippen LogP contribution >= 0.6 is 0 Å². The molecule has 27 heavy (non-hydrogen) atoms. The van der Waals surface area contributed by atoms with Crippen molar-refractivity contribution in [1.29, 1.82) is 0 Å². The molecule has 1 aliphatic rings. The van der Waals surface area contributed by atoms with E-state index in [1.165, 1.54) is 35.4 Å². The van der Waals surface area contributed by atoms with Crippen molar-refractivity contribution in [3.8, 4) is 0 Å². The van der Waals surface area contributed by atoms with Gasteiger partial charge in [-0.2, -0.15) is 0 Å². The van der Waals surface area contributed by atoms with Crippen LogP contribution in [0.3, 0.4) is 0 Å². The number of hydrogen-bond acceptors (Lipinski definition) is 3. The Morgan fingerprint density at radius 3 is 2.48 bits per heavy atom. The standard InChI is InChI=1S/C21H24FN3O2/c1-13(2)19(25-20(26)15-5-7-18(22)8-6-15)21(27)24-10-14-3-4-16-11-23-12-17(16)9-14/h3-9,13,19,23H,10-12H2,1-2H3,(H,24,27)(H,25,26). The number of hydrogen-bond donors (Lipinski definition) is 3. The summed E-state index contributed by atoms with van der Waals surface area (Å²) in [5, 5.41) is 8.95. The Morgan fingerprint density at radius 2 is 1.78 bits per heavy atom. The maximum Gasteiger partial charge on any atom is 0.251 e. The van der Waals surface area contributed by atoms with Crippen LogP contribution in [-0.4, -0.2) is 17.9 Å². The van der Waals surface area contributed by atoms with Gasteiger partial charge in [0.2, 0.25) is 5.91 Å². The fourth-order valence-electron chi connectivity index (χ4n) is 3.12. The first-order valence-corrected chi connectivity index (χ1v) is 9.09. The molecule has 0 aliphatic carbocycles. The van der Waals surface area contributed by atoms with Crippen LogP contribution in [0, 0.1) is 11.7 Å². The van der Waals surface area contributed by atoms with E-state index in [0.29, 0.717) is 12.1 Å². The average Bonchev–Trinajstić information content (AvgIpc) is 3.12. The number of rotatable bonds is 6. The molecule has 2 aromatic rings. The van der Waals surface area contributed by atoms with E-state index < -0.39 is 17.8 Å². The SMILES string of the molecule is CC(C)C(NC(=O)c1ccc(F)cc1)C(=O)NCc1ccc2c(c1)CNC2. The molecular weight excluding hydrogens is 345 g/mol. The zero-order valence-corrected chi connectivity index (χ0v) is 15.5. The van der Waals surface area contributed by atoms with Gasteiger partial charge in [-0.15, -0.1) is 0 Å². The summed E-state index contributed by atoms with van der Waals surface area (Å²) in [4.78, 5) is 25.0. The largest absolute Gasteiger partial charge is 0.350 e. The summed E-state index contributed by atoms with van der Waals surface area (Å²) in [7, 11) is 0. The normalized spacial score (nSPS) is 13.9. The van der Waals surface area contributed by atoms with Gasteiger partial charge in [0.05, 0.1) is 0 Å². The van der Waals surface area contributed by atoms with Gasteiger partial charge in [-0.25, -0.2) is 4.39 Å². The van der Waals surface area contributed by atoms with E-state index in [-0.39, 0.29) is 11.8 Å². The fourth-order valence-corrected chi connectivity index (χ4v) is 3.12. The minimum Gasteiger partial charge on any atom is -0.350 e. The average molecular weight is 369 g/mol. The van der Waals surface area contributed by atoms with Crippen molar-refractivity contribution >= 4 is 11.8 Å². The lowest BCUT2D eigenvalue weighted by Crippen LogP contribution is -2.49. The van der Waals surface area contributed by atoms with Crippen molar-refractivity contribution in [1.82, 2.24) is 16.0 Å². The Morgan fingerprint density at radius 1 is 1.07 bits per heavy atom. The van der Waals surface area contributed by atoms with Crippen molar-refractivity contribution in [3.63, 3.8) is 0 Å². The van der Waals surface area contributed by atoms with Crippen LogP contribution in [0.25, 0.3) is 0 Å². The van der Waals surface area contributed by atoms with Gasteiger partial charge < -0.3 is 16.0 Å². The summed E-state index contributed by atoms with van der Waals surface area (Å²) >= 11 is 0. The maximum atomic E-state index is 13.0. The van der Waals surface area contributed by atoms with Crippen LogP contribution < -0.4 is 16.0 Å². The highest BCUT2D eigenvalue weighted by Crippen LogP contribution is 2.17. The lowest BCUT2D eigenvalue weighted by Gasteiger charge is -2.22.